The second kappa shape index (κ2) is 11.5. The molecule has 0 spiro atoms. The molecule has 10 rings (SSSR count). The molecule has 0 saturated heterocycles. The molecule has 0 aliphatic heterocycles. The Kier molecular flexibility index (Phi) is 6.53. The van der Waals surface area contributed by atoms with Crippen molar-refractivity contribution in [2.75, 3.05) is 0 Å². The molecule has 0 amide bonds. The van der Waals surface area contributed by atoms with E-state index in [0.29, 0.717) is 0 Å². The van der Waals surface area contributed by atoms with Crippen molar-refractivity contribution >= 4 is 43.6 Å². The van der Waals surface area contributed by atoms with Crippen LogP contribution in [-0.2, 0) is 0 Å². The van der Waals surface area contributed by atoms with E-state index in [1.54, 1.807) is 0 Å². The van der Waals surface area contributed by atoms with Gasteiger partial charge in [0.1, 0.15) is 0 Å². The maximum atomic E-state index is 2.46. The van der Waals surface area contributed by atoms with E-state index in [-0.39, 0.29) is 0 Å². The first kappa shape index (κ1) is 28.4. The number of benzene rings is 8. The van der Waals surface area contributed by atoms with E-state index in [2.05, 4.69) is 203 Å². The molecule has 0 aliphatic rings. The number of fused-ring (bicyclic) bond motifs is 6. The van der Waals surface area contributed by atoms with Crippen molar-refractivity contribution in [1.29, 1.82) is 0 Å². The minimum atomic E-state index is 1.15. The highest BCUT2D eigenvalue weighted by molar-refractivity contribution is 6.17. The Labute approximate surface area is 290 Å². The second-order valence-corrected chi connectivity index (χ2v) is 13.0. The topological polar surface area (TPSA) is 9.86 Å². The zero-order chi connectivity index (χ0) is 33.0. The smallest absolute Gasteiger partial charge is 0.0547 e. The van der Waals surface area contributed by atoms with Crippen molar-refractivity contribution < 1.29 is 0 Å². The highest BCUT2D eigenvalue weighted by atomic mass is 15.0. The van der Waals surface area contributed by atoms with Crippen molar-refractivity contribution in [2.45, 2.75) is 0 Å². The molecule has 50 heavy (non-hydrogen) atoms. The molecular formula is C48H32N2. The largest absolute Gasteiger partial charge is 0.309 e. The highest BCUT2D eigenvalue weighted by Crippen LogP contribution is 2.41. The number of aromatic nitrogens is 2. The number of para-hydroxylation sites is 3. The lowest BCUT2D eigenvalue weighted by Crippen LogP contribution is -1.96. The maximum Gasteiger partial charge on any atom is 0.0547 e. The van der Waals surface area contributed by atoms with E-state index >= 15 is 0 Å². The minimum Gasteiger partial charge on any atom is -0.309 e. The van der Waals surface area contributed by atoms with Gasteiger partial charge in [-0.2, -0.15) is 0 Å². The number of nitrogens with zero attached hydrogens (tertiary/aromatic N) is 2. The number of hydrogen-bond acceptors (Lipinski definition) is 0. The van der Waals surface area contributed by atoms with Crippen LogP contribution in [0.15, 0.2) is 194 Å². The standard InChI is InChI=1S/C48H32N2/c1-4-15-33(16-5-1)36-29-37(34-17-6-2-7-18-34)31-39(30-36)50-44-24-12-10-21-41(44)42-28-27-35(32-47(42)50)40-23-14-26-46-48(40)43-22-11-13-25-45(43)49(46)38-19-8-3-9-20-38/h1-32H. The zero-order valence-corrected chi connectivity index (χ0v) is 27.4. The normalized spacial score (nSPS) is 11.6. The summed E-state index contributed by atoms with van der Waals surface area (Å²) in [5.74, 6) is 0. The molecule has 0 unspecified atom stereocenters. The van der Waals surface area contributed by atoms with Gasteiger partial charge in [0.25, 0.3) is 0 Å². The van der Waals surface area contributed by atoms with Crippen LogP contribution in [0.25, 0.3) is 88.4 Å². The number of rotatable bonds is 5. The fourth-order valence-electron chi connectivity index (χ4n) is 7.87. The van der Waals surface area contributed by atoms with Gasteiger partial charge in [-0.05, 0) is 88.0 Å². The van der Waals surface area contributed by atoms with Gasteiger partial charge in [0.05, 0.1) is 22.1 Å². The van der Waals surface area contributed by atoms with E-state index in [0.717, 1.165) is 5.69 Å². The molecule has 8 aromatic carbocycles. The first-order chi connectivity index (χ1) is 24.8. The third-order valence-corrected chi connectivity index (χ3v) is 10.1. The molecule has 0 bridgehead atoms. The molecule has 2 heterocycles. The quantitative estimate of drug-likeness (QED) is 0.178. The minimum absolute atomic E-state index is 1.15. The van der Waals surface area contributed by atoms with E-state index in [1.165, 1.54) is 82.7 Å². The van der Waals surface area contributed by atoms with Crippen molar-refractivity contribution in [2.24, 2.45) is 0 Å². The number of hydrogen-bond donors (Lipinski definition) is 0. The van der Waals surface area contributed by atoms with Crippen LogP contribution in [0, 0.1) is 0 Å². The summed E-state index contributed by atoms with van der Waals surface area (Å²) in [6.45, 7) is 0. The summed E-state index contributed by atoms with van der Waals surface area (Å²) in [5.41, 5.74) is 14.3. The molecule has 2 nitrogen and oxygen atoms in total. The summed E-state index contributed by atoms with van der Waals surface area (Å²) < 4.78 is 4.85. The molecule has 0 atom stereocenters. The molecule has 0 saturated carbocycles. The Morgan fingerprint density at radius 3 is 1.46 bits per heavy atom. The average molecular weight is 637 g/mol. The molecule has 10 aromatic rings. The van der Waals surface area contributed by atoms with Gasteiger partial charge in [-0.3, -0.25) is 0 Å². The van der Waals surface area contributed by atoms with Crippen molar-refractivity contribution in [3.05, 3.63) is 194 Å². The van der Waals surface area contributed by atoms with Crippen LogP contribution in [0.5, 0.6) is 0 Å². The molecule has 0 N–H and O–H groups in total. The molecule has 2 heteroatoms. The van der Waals surface area contributed by atoms with Crippen LogP contribution in [0.3, 0.4) is 0 Å². The predicted molar refractivity (Wildman–Crippen MR) is 211 cm³/mol. The Bertz CT molecular complexity index is 2780. The van der Waals surface area contributed by atoms with Gasteiger partial charge in [0.2, 0.25) is 0 Å². The second-order valence-electron chi connectivity index (χ2n) is 13.0. The first-order valence-electron chi connectivity index (χ1n) is 17.2. The van der Waals surface area contributed by atoms with Crippen molar-refractivity contribution in [1.82, 2.24) is 9.13 Å². The van der Waals surface area contributed by atoms with E-state index < -0.39 is 0 Å². The molecular weight excluding hydrogens is 605 g/mol. The van der Waals surface area contributed by atoms with Crippen LogP contribution in [0.2, 0.25) is 0 Å². The van der Waals surface area contributed by atoms with Crippen LogP contribution in [0.1, 0.15) is 0 Å². The molecule has 0 aliphatic carbocycles. The Hall–Kier alpha value is -6.64. The van der Waals surface area contributed by atoms with Gasteiger partial charge in [0.15, 0.2) is 0 Å². The summed E-state index contributed by atoms with van der Waals surface area (Å²) in [6.07, 6.45) is 0. The monoisotopic (exact) mass is 636 g/mol. The Morgan fingerprint density at radius 1 is 0.260 bits per heavy atom. The van der Waals surface area contributed by atoms with Gasteiger partial charge in [0, 0.05) is 32.9 Å². The van der Waals surface area contributed by atoms with E-state index in [9.17, 15) is 0 Å². The SMILES string of the molecule is c1ccc(-c2cc(-c3ccccc3)cc(-n3c4ccccc4c4ccc(-c5cccc6c5c5ccccc5n6-c5ccccc5)cc43)c2)cc1. The third kappa shape index (κ3) is 4.50. The molecule has 0 fully saturated rings. The van der Waals surface area contributed by atoms with Gasteiger partial charge in [-0.25, -0.2) is 0 Å². The summed E-state index contributed by atoms with van der Waals surface area (Å²) in [4.78, 5) is 0. The third-order valence-electron chi connectivity index (χ3n) is 10.1. The summed E-state index contributed by atoms with van der Waals surface area (Å²) in [5, 5.41) is 5.02. The lowest BCUT2D eigenvalue weighted by atomic mass is 9.97. The van der Waals surface area contributed by atoms with Crippen LogP contribution in [-0.4, -0.2) is 9.13 Å². The lowest BCUT2D eigenvalue weighted by Gasteiger charge is -2.14. The van der Waals surface area contributed by atoms with Crippen LogP contribution >= 0.6 is 0 Å². The average Bonchev–Trinajstić information content (AvgIpc) is 3.71. The Balaban J connectivity index is 1.25. The first-order valence-corrected chi connectivity index (χ1v) is 17.2. The van der Waals surface area contributed by atoms with Crippen molar-refractivity contribution in [3.8, 4) is 44.8 Å². The van der Waals surface area contributed by atoms with Crippen LogP contribution in [0.4, 0.5) is 0 Å². The van der Waals surface area contributed by atoms with Gasteiger partial charge in [-0.15, -0.1) is 0 Å². The molecule has 2 aromatic heterocycles. The predicted octanol–water partition coefficient (Wildman–Crippen LogP) is 12.9. The zero-order valence-electron chi connectivity index (χ0n) is 27.4. The maximum absolute atomic E-state index is 2.46. The molecule has 234 valence electrons. The fourth-order valence-corrected chi connectivity index (χ4v) is 7.87. The van der Waals surface area contributed by atoms with Gasteiger partial charge in [-0.1, -0.05) is 140 Å². The summed E-state index contributed by atoms with van der Waals surface area (Å²) in [6, 6.07) is 70.4. The Morgan fingerprint density at radius 2 is 0.780 bits per heavy atom. The van der Waals surface area contributed by atoms with Crippen LogP contribution < -0.4 is 0 Å². The lowest BCUT2D eigenvalue weighted by molar-refractivity contribution is 1.18. The van der Waals surface area contributed by atoms with Crippen molar-refractivity contribution in [3.63, 3.8) is 0 Å². The van der Waals surface area contributed by atoms with E-state index in [4.69, 9.17) is 0 Å². The van der Waals surface area contributed by atoms with E-state index in [1.807, 2.05) is 0 Å². The summed E-state index contributed by atoms with van der Waals surface area (Å²) >= 11 is 0. The summed E-state index contributed by atoms with van der Waals surface area (Å²) in [7, 11) is 0. The highest BCUT2D eigenvalue weighted by Gasteiger charge is 2.19. The van der Waals surface area contributed by atoms with Gasteiger partial charge >= 0.3 is 0 Å². The van der Waals surface area contributed by atoms with Gasteiger partial charge < -0.3 is 9.13 Å². The molecule has 0 radical (unpaired) electrons. The fraction of sp³-hybridized carbons (Fsp3) is 0.